The maximum Gasteiger partial charge on any atom is 0.326 e. The van der Waals surface area contributed by atoms with Crippen LogP contribution in [0.25, 0.3) is 0 Å². The van der Waals surface area contributed by atoms with Gasteiger partial charge in [0.15, 0.2) is 0 Å². The van der Waals surface area contributed by atoms with Crippen LogP contribution >= 0.6 is 11.3 Å². The molecule has 1 fully saturated rings. The Morgan fingerprint density at radius 2 is 1.96 bits per heavy atom. The van der Waals surface area contributed by atoms with Crippen molar-refractivity contribution in [1.29, 1.82) is 0 Å². The number of imide groups is 1. The van der Waals surface area contributed by atoms with Crippen LogP contribution in [0.3, 0.4) is 0 Å². The molecule has 140 valence electrons. The van der Waals surface area contributed by atoms with Crippen LogP contribution in [0, 0.1) is 0 Å². The van der Waals surface area contributed by atoms with Crippen molar-refractivity contribution in [2.45, 2.75) is 44.7 Å². The van der Waals surface area contributed by atoms with E-state index in [0.717, 1.165) is 37.9 Å². The monoisotopic (exact) mass is 381 g/mol. The molecule has 0 unspecified atom stereocenters. The molecule has 1 N–H and O–H groups in total. The lowest BCUT2D eigenvalue weighted by molar-refractivity contribution is -0.132. The van der Waals surface area contributed by atoms with Crippen molar-refractivity contribution in [3.63, 3.8) is 0 Å². The number of thiophene rings is 1. The molecule has 6 heteroatoms. The van der Waals surface area contributed by atoms with E-state index in [4.69, 9.17) is 0 Å². The fourth-order valence-electron chi connectivity index (χ4n) is 4.53. The number of fused-ring (bicyclic) bond motifs is 2. The van der Waals surface area contributed by atoms with Crippen LogP contribution in [0.4, 0.5) is 4.79 Å². The second kappa shape index (κ2) is 6.17. The number of nitrogens with one attached hydrogen (secondary N) is 1. The molecule has 2 aromatic rings. The zero-order chi connectivity index (χ0) is 18.6. The van der Waals surface area contributed by atoms with E-state index in [9.17, 15) is 9.59 Å². The van der Waals surface area contributed by atoms with Gasteiger partial charge < -0.3 is 5.32 Å². The van der Waals surface area contributed by atoms with E-state index in [1.165, 1.54) is 32.9 Å². The summed E-state index contributed by atoms with van der Waals surface area (Å²) in [5.41, 5.74) is 3.92. The minimum absolute atomic E-state index is 0.151. The summed E-state index contributed by atoms with van der Waals surface area (Å²) in [4.78, 5) is 30.9. The van der Waals surface area contributed by atoms with Crippen LogP contribution in [0.2, 0.25) is 0 Å². The Hall–Kier alpha value is -2.18. The molecule has 5 nitrogen and oxygen atoms in total. The molecule has 1 atom stereocenters. The molecule has 3 aliphatic rings. The first-order valence-electron chi connectivity index (χ1n) is 9.58. The van der Waals surface area contributed by atoms with Crippen molar-refractivity contribution in [1.82, 2.24) is 15.1 Å². The van der Waals surface area contributed by atoms with Crippen molar-refractivity contribution in [3.8, 4) is 0 Å². The number of aryl methyl sites for hydroxylation is 2. The summed E-state index contributed by atoms with van der Waals surface area (Å²) < 4.78 is 0. The average molecular weight is 382 g/mol. The number of hydrogen-bond donors (Lipinski definition) is 1. The number of nitrogens with zero attached hydrogens (tertiary/aromatic N) is 2. The maximum absolute atomic E-state index is 13.2. The highest BCUT2D eigenvalue weighted by Gasteiger charge is 2.49. The number of benzene rings is 1. The van der Waals surface area contributed by atoms with Gasteiger partial charge in [0.1, 0.15) is 5.54 Å². The predicted molar refractivity (Wildman–Crippen MR) is 104 cm³/mol. The van der Waals surface area contributed by atoms with Gasteiger partial charge in [0.2, 0.25) is 0 Å². The number of carbonyl (C=O) groups is 2. The first kappa shape index (κ1) is 17.0. The Morgan fingerprint density at radius 3 is 2.85 bits per heavy atom. The quantitative estimate of drug-likeness (QED) is 0.832. The van der Waals surface area contributed by atoms with Gasteiger partial charge in [-0.1, -0.05) is 18.2 Å². The fraction of sp³-hybridized carbons (Fsp3) is 0.429. The van der Waals surface area contributed by atoms with Gasteiger partial charge in [-0.15, -0.1) is 11.3 Å². The van der Waals surface area contributed by atoms with E-state index in [1.54, 1.807) is 11.3 Å². The Labute approximate surface area is 163 Å². The van der Waals surface area contributed by atoms with Gasteiger partial charge in [-0.2, -0.15) is 0 Å². The fourth-order valence-corrected chi connectivity index (χ4v) is 5.42. The lowest BCUT2D eigenvalue weighted by Crippen LogP contribution is -2.45. The van der Waals surface area contributed by atoms with Crippen LogP contribution in [0.1, 0.15) is 40.5 Å². The minimum Gasteiger partial charge on any atom is -0.319 e. The number of hydrogen-bond acceptors (Lipinski definition) is 4. The average Bonchev–Trinajstić information content (AvgIpc) is 3.36. The first-order valence-corrected chi connectivity index (χ1v) is 10.5. The molecule has 2 aliphatic heterocycles. The summed E-state index contributed by atoms with van der Waals surface area (Å²) in [6.45, 7) is 3.85. The molecule has 5 rings (SSSR count). The highest BCUT2D eigenvalue weighted by atomic mass is 32.1. The summed E-state index contributed by atoms with van der Waals surface area (Å²) in [5.74, 6) is -0.151. The van der Waals surface area contributed by atoms with Crippen molar-refractivity contribution >= 4 is 23.3 Å². The van der Waals surface area contributed by atoms with E-state index in [2.05, 4.69) is 33.8 Å². The van der Waals surface area contributed by atoms with E-state index in [-0.39, 0.29) is 11.9 Å². The van der Waals surface area contributed by atoms with Gasteiger partial charge in [0.05, 0.1) is 6.67 Å². The molecule has 1 aliphatic carbocycles. The lowest BCUT2D eigenvalue weighted by Gasteiger charge is -2.30. The van der Waals surface area contributed by atoms with Crippen LogP contribution in [0.5, 0.6) is 0 Å². The van der Waals surface area contributed by atoms with E-state index in [0.29, 0.717) is 6.67 Å². The smallest absolute Gasteiger partial charge is 0.319 e. The molecular formula is C21H23N3O2S. The third kappa shape index (κ3) is 2.70. The van der Waals surface area contributed by atoms with Gasteiger partial charge >= 0.3 is 6.03 Å². The molecule has 1 aromatic heterocycles. The van der Waals surface area contributed by atoms with Gasteiger partial charge in [-0.25, -0.2) is 9.69 Å². The minimum atomic E-state index is -0.974. The van der Waals surface area contributed by atoms with Gasteiger partial charge in [-0.3, -0.25) is 9.69 Å². The van der Waals surface area contributed by atoms with Crippen molar-refractivity contribution in [3.05, 3.63) is 56.8 Å². The van der Waals surface area contributed by atoms with Gasteiger partial charge in [-0.05, 0) is 66.3 Å². The predicted octanol–water partition coefficient (Wildman–Crippen LogP) is 3.02. The van der Waals surface area contributed by atoms with E-state index >= 15 is 0 Å². The van der Waals surface area contributed by atoms with E-state index in [1.807, 2.05) is 13.0 Å². The van der Waals surface area contributed by atoms with Crippen molar-refractivity contribution < 1.29 is 9.59 Å². The zero-order valence-corrected chi connectivity index (χ0v) is 16.3. The highest BCUT2D eigenvalue weighted by molar-refractivity contribution is 7.10. The Bertz CT molecular complexity index is 937. The Morgan fingerprint density at radius 1 is 1.11 bits per heavy atom. The lowest BCUT2D eigenvalue weighted by atomic mass is 9.90. The Kier molecular flexibility index (Phi) is 3.88. The molecule has 0 bridgehead atoms. The largest absolute Gasteiger partial charge is 0.326 e. The van der Waals surface area contributed by atoms with Crippen LogP contribution in [-0.4, -0.2) is 35.0 Å². The topological polar surface area (TPSA) is 52.7 Å². The maximum atomic E-state index is 13.2. The molecular weight excluding hydrogens is 358 g/mol. The number of urea groups is 1. The highest BCUT2D eigenvalue weighted by Crippen LogP contribution is 2.33. The molecule has 0 spiro atoms. The second-order valence-electron chi connectivity index (χ2n) is 7.94. The third-order valence-electron chi connectivity index (χ3n) is 6.18. The van der Waals surface area contributed by atoms with E-state index < -0.39 is 5.54 Å². The normalized spacial score (nSPS) is 24.9. The Balaban J connectivity index is 1.37. The van der Waals surface area contributed by atoms with Gasteiger partial charge in [0.25, 0.3) is 5.91 Å². The van der Waals surface area contributed by atoms with Crippen LogP contribution in [0.15, 0.2) is 29.6 Å². The molecule has 0 radical (unpaired) electrons. The number of amides is 3. The van der Waals surface area contributed by atoms with Crippen LogP contribution in [-0.2, 0) is 36.1 Å². The van der Waals surface area contributed by atoms with Crippen molar-refractivity contribution in [2.75, 3.05) is 13.2 Å². The first-order chi connectivity index (χ1) is 13.0. The summed E-state index contributed by atoms with van der Waals surface area (Å²) in [5, 5.41) is 5.07. The molecule has 1 aromatic carbocycles. The SMILES string of the molecule is C[C@]1(c2ccc3c(c2)CCC3)NC(=O)N(CN2CCc3sccc3C2)C1=O. The summed E-state index contributed by atoms with van der Waals surface area (Å²) in [7, 11) is 0. The zero-order valence-electron chi connectivity index (χ0n) is 15.5. The molecule has 1 saturated heterocycles. The number of carbonyl (C=O) groups excluding carboxylic acids is 2. The summed E-state index contributed by atoms with van der Waals surface area (Å²) in [6.07, 6.45) is 4.32. The number of rotatable bonds is 3. The molecule has 27 heavy (non-hydrogen) atoms. The molecule has 3 amide bonds. The van der Waals surface area contributed by atoms with Crippen molar-refractivity contribution in [2.24, 2.45) is 0 Å². The second-order valence-corrected chi connectivity index (χ2v) is 8.94. The third-order valence-corrected chi connectivity index (χ3v) is 7.20. The summed E-state index contributed by atoms with van der Waals surface area (Å²) >= 11 is 1.79. The molecule has 3 heterocycles. The molecule has 0 saturated carbocycles. The standard InChI is InChI=1S/C21H23N3O2S/c1-21(17-6-5-14-3-2-4-15(14)11-17)19(25)24(20(26)22-21)13-23-9-7-18-16(12-23)8-10-27-18/h5-6,8,10-11H,2-4,7,9,12-13H2,1H3,(H,22,26)/t21-/m1/s1. The summed E-state index contributed by atoms with van der Waals surface area (Å²) in [6, 6.07) is 8.09. The van der Waals surface area contributed by atoms with Crippen LogP contribution < -0.4 is 5.32 Å². The van der Waals surface area contributed by atoms with Gasteiger partial charge in [0, 0.05) is 18.0 Å².